The van der Waals surface area contributed by atoms with Crippen molar-refractivity contribution in [2.24, 2.45) is 5.92 Å². The summed E-state index contributed by atoms with van der Waals surface area (Å²) in [6.07, 6.45) is 8.35. The molecule has 6 nitrogen and oxygen atoms in total. The van der Waals surface area contributed by atoms with E-state index in [1.807, 2.05) is 30.8 Å². The number of piperidine rings is 1. The first-order valence-corrected chi connectivity index (χ1v) is 11.8. The molecule has 1 aromatic heterocycles. The zero-order valence-electron chi connectivity index (χ0n) is 18.4. The number of aromatic nitrogens is 2. The fourth-order valence-corrected chi connectivity index (χ4v) is 4.33. The molecule has 7 heteroatoms. The molecule has 164 valence electrons. The number of benzene rings is 1. The summed E-state index contributed by atoms with van der Waals surface area (Å²) in [5.41, 5.74) is 2.44. The Balaban J connectivity index is 1.50. The lowest BCUT2D eigenvalue weighted by atomic mass is 9.95. The number of para-hydroxylation sites is 1. The molecule has 2 aromatic rings. The van der Waals surface area contributed by atoms with Crippen molar-refractivity contribution >= 4 is 11.8 Å². The highest BCUT2D eigenvalue weighted by Crippen LogP contribution is 2.24. The van der Waals surface area contributed by atoms with Crippen LogP contribution in [0.2, 0.25) is 0 Å². The molecule has 0 aliphatic carbocycles. The van der Waals surface area contributed by atoms with Gasteiger partial charge in [0.25, 0.3) is 0 Å². The first kappa shape index (κ1) is 23.0. The average Bonchev–Trinajstić information content (AvgIpc) is 2.79. The summed E-state index contributed by atoms with van der Waals surface area (Å²) >= 11 is 1.57. The highest BCUT2D eigenvalue weighted by atomic mass is 32.2. The van der Waals surface area contributed by atoms with E-state index in [0.29, 0.717) is 5.92 Å². The predicted octanol–water partition coefficient (Wildman–Crippen LogP) is 3.57. The van der Waals surface area contributed by atoms with E-state index in [9.17, 15) is 0 Å². The second kappa shape index (κ2) is 12.2. The second-order valence-electron chi connectivity index (χ2n) is 7.84. The van der Waals surface area contributed by atoms with Gasteiger partial charge in [0.2, 0.25) is 0 Å². The molecule has 0 atom stereocenters. The fraction of sp³-hybridized carbons (Fsp3) is 0.565. The van der Waals surface area contributed by atoms with Crippen molar-refractivity contribution in [1.29, 1.82) is 0 Å². The van der Waals surface area contributed by atoms with Crippen LogP contribution in [-0.2, 0) is 17.8 Å². The van der Waals surface area contributed by atoms with Crippen molar-refractivity contribution in [3.05, 3.63) is 47.8 Å². The lowest BCUT2D eigenvalue weighted by Crippen LogP contribution is -2.39. The van der Waals surface area contributed by atoms with Crippen LogP contribution in [0.25, 0.3) is 0 Å². The Kier molecular flexibility index (Phi) is 9.39. The van der Waals surface area contributed by atoms with E-state index in [2.05, 4.69) is 31.9 Å². The van der Waals surface area contributed by atoms with Gasteiger partial charge in [-0.1, -0.05) is 30.0 Å². The lowest BCUT2D eigenvalue weighted by Gasteiger charge is -2.35. The van der Waals surface area contributed by atoms with Crippen LogP contribution in [0, 0.1) is 5.92 Å². The summed E-state index contributed by atoms with van der Waals surface area (Å²) in [5.74, 6) is 1.70. The van der Waals surface area contributed by atoms with E-state index < -0.39 is 0 Å². The van der Waals surface area contributed by atoms with Crippen LogP contribution >= 0.6 is 11.8 Å². The summed E-state index contributed by atoms with van der Waals surface area (Å²) < 4.78 is 10.9. The number of ether oxygens (including phenoxy) is 2. The molecule has 1 aromatic carbocycles. The average molecular weight is 431 g/mol. The molecular formula is C23H34N4O2S. The minimum Gasteiger partial charge on any atom is -0.496 e. The summed E-state index contributed by atoms with van der Waals surface area (Å²) in [6.45, 7) is 6.87. The van der Waals surface area contributed by atoms with Gasteiger partial charge in [0.05, 0.1) is 13.7 Å². The summed E-state index contributed by atoms with van der Waals surface area (Å²) in [7, 11) is 3.52. The number of likely N-dealkylation sites (tertiary alicyclic amines) is 1. The van der Waals surface area contributed by atoms with E-state index in [1.54, 1.807) is 26.0 Å². The standard InChI is InChI=1S/C23H34N4O2S/c1-28-13-12-27(17-20-14-24-23(30-3)25-15-20)16-19-8-10-26(11-9-19)18-21-6-4-5-7-22(21)29-2/h4-7,14-15,19H,8-13,16-18H2,1-3H3. The molecule has 1 fully saturated rings. The number of rotatable bonds is 11. The number of methoxy groups -OCH3 is 2. The van der Waals surface area contributed by atoms with Crippen LogP contribution in [0.5, 0.6) is 5.75 Å². The van der Waals surface area contributed by atoms with Crippen LogP contribution in [0.4, 0.5) is 0 Å². The molecule has 3 rings (SSSR count). The van der Waals surface area contributed by atoms with E-state index >= 15 is 0 Å². The predicted molar refractivity (Wildman–Crippen MR) is 122 cm³/mol. The van der Waals surface area contributed by atoms with Crippen LogP contribution in [0.3, 0.4) is 0 Å². The number of nitrogens with zero attached hydrogens (tertiary/aromatic N) is 4. The molecular weight excluding hydrogens is 396 g/mol. The van der Waals surface area contributed by atoms with Crippen molar-refractivity contribution in [2.75, 3.05) is 53.3 Å². The molecule has 1 aliphatic heterocycles. The lowest BCUT2D eigenvalue weighted by molar-refractivity contribution is 0.106. The maximum Gasteiger partial charge on any atom is 0.187 e. The quantitative estimate of drug-likeness (QED) is 0.399. The monoisotopic (exact) mass is 430 g/mol. The normalized spacial score (nSPS) is 15.6. The maximum absolute atomic E-state index is 5.51. The molecule has 1 aliphatic rings. The van der Waals surface area contributed by atoms with E-state index in [4.69, 9.17) is 9.47 Å². The molecule has 1 saturated heterocycles. The summed E-state index contributed by atoms with van der Waals surface area (Å²) in [4.78, 5) is 13.9. The summed E-state index contributed by atoms with van der Waals surface area (Å²) in [5, 5.41) is 0.824. The van der Waals surface area contributed by atoms with Gasteiger partial charge in [0, 0.05) is 56.8 Å². The zero-order valence-corrected chi connectivity index (χ0v) is 19.2. The third-order valence-corrected chi connectivity index (χ3v) is 6.27. The molecule has 0 saturated carbocycles. The Labute approximate surface area is 185 Å². The van der Waals surface area contributed by atoms with Gasteiger partial charge in [-0.15, -0.1) is 0 Å². The molecule has 0 spiro atoms. The van der Waals surface area contributed by atoms with Crippen molar-refractivity contribution in [2.45, 2.75) is 31.1 Å². The van der Waals surface area contributed by atoms with E-state index in [1.165, 1.54) is 18.4 Å². The van der Waals surface area contributed by atoms with Gasteiger partial charge >= 0.3 is 0 Å². The van der Waals surface area contributed by atoms with E-state index in [-0.39, 0.29) is 0 Å². The van der Waals surface area contributed by atoms with Gasteiger partial charge in [-0.2, -0.15) is 0 Å². The van der Waals surface area contributed by atoms with Gasteiger partial charge in [-0.25, -0.2) is 9.97 Å². The minimum absolute atomic E-state index is 0.710. The van der Waals surface area contributed by atoms with Gasteiger partial charge in [-0.05, 0) is 44.2 Å². The van der Waals surface area contributed by atoms with Crippen molar-refractivity contribution < 1.29 is 9.47 Å². The molecule has 0 bridgehead atoms. The smallest absolute Gasteiger partial charge is 0.187 e. The van der Waals surface area contributed by atoms with Gasteiger partial charge < -0.3 is 9.47 Å². The SMILES string of the molecule is COCCN(Cc1cnc(SC)nc1)CC1CCN(Cc2ccccc2OC)CC1. The molecule has 0 unspecified atom stereocenters. The molecule has 2 heterocycles. The largest absolute Gasteiger partial charge is 0.496 e. The fourth-order valence-electron chi connectivity index (χ4n) is 4.01. The topological polar surface area (TPSA) is 50.7 Å². The molecule has 0 amide bonds. The highest BCUT2D eigenvalue weighted by molar-refractivity contribution is 7.98. The first-order chi connectivity index (χ1) is 14.7. The van der Waals surface area contributed by atoms with Crippen LogP contribution in [-0.4, -0.2) is 73.0 Å². The van der Waals surface area contributed by atoms with Gasteiger partial charge in [0.15, 0.2) is 5.16 Å². The second-order valence-corrected chi connectivity index (χ2v) is 8.61. The Bertz CT molecular complexity index is 751. The molecule has 30 heavy (non-hydrogen) atoms. The van der Waals surface area contributed by atoms with Crippen molar-refractivity contribution in [3.8, 4) is 5.75 Å². The van der Waals surface area contributed by atoms with Gasteiger partial charge in [-0.3, -0.25) is 9.80 Å². The Morgan fingerprint density at radius 1 is 1.13 bits per heavy atom. The maximum atomic E-state index is 5.51. The van der Waals surface area contributed by atoms with Crippen LogP contribution in [0.1, 0.15) is 24.0 Å². The summed E-state index contributed by atoms with van der Waals surface area (Å²) in [6, 6.07) is 8.34. The van der Waals surface area contributed by atoms with Crippen LogP contribution < -0.4 is 4.74 Å². The van der Waals surface area contributed by atoms with Gasteiger partial charge in [0.1, 0.15) is 5.75 Å². The Morgan fingerprint density at radius 3 is 2.53 bits per heavy atom. The Hall–Kier alpha value is -1.67. The van der Waals surface area contributed by atoms with Crippen molar-refractivity contribution in [1.82, 2.24) is 19.8 Å². The molecule has 0 radical (unpaired) electrons. The number of thioether (sulfide) groups is 1. The third-order valence-electron chi connectivity index (χ3n) is 5.69. The zero-order chi connectivity index (χ0) is 21.2. The molecule has 0 N–H and O–H groups in total. The minimum atomic E-state index is 0.710. The number of hydrogen-bond donors (Lipinski definition) is 0. The van der Waals surface area contributed by atoms with E-state index in [0.717, 1.165) is 62.3 Å². The number of hydrogen-bond acceptors (Lipinski definition) is 7. The van der Waals surface area contributed by atoms with Crippen LogP contribution in [0.15, 0.2) is 41.8 Å². The van der Waals surface area contributed by atoms with Crippen molar-refractivity contribution in [3.63, 3.8) is 0 Å². The first-order valence-electron chi connectivity index (χ1n) is 10.6. The third kappa shape index (κ3) is 6.94. The Morgan fingerprint density at radius 2 is 1.87 bits per heavy atom. The highest BCUT2D eigenvalue weighted by Gasteiger charge is 2.22.